The van der Waals surface area contributed by atoms with Crippen LogP contribution in [0.5, 0.6) is 0 Å². The van der Waals surface area contributed by atoms with Gasteiger partial charge < -0.3 is 15.5 Å². The first kappa shape index (κ1) is 53.3. The van der Waals surface area contributed by atoms with E-state index in [9.17, 15) is 14.4 Å². The van der Waals surface area contributed by atoms with Crippen LogP contribution in [0.15, 0.2) is 0 Å². The fourth-order valence-electron chi connectivity index (χ4n) is 7.67. The molecule has 0 fully saturated rings. The molecule has 55 heavy (non-hydrogen) atoms. The SMILES string of the molecule is CCCCCCCCCCC(C(=O)NCCN(CCNC(=O)C(CCCCCCCCCC)N(C)C)C(=O)C(CCCCCCCCCC)N(C)C)N(C)C. The minimum atomic E-state index is -0.223. The Kier molecular flexibility index (Phi) is 35.5. The quantitative estimate of drug-likeness (QED) is 0.0605. The second-order valence-corrected chi connectivity index (χ2v) is 17.1. The van der Waals surface area contributed by atoms with Crippen LogP contribution in [-0.4, -0.2) is 124 Å². The summed E-state index contributed by atoms with van der Waals surface area (Å²) in [5.41, 5.74) is 0. The maximum Gasteiger partial charge on any atom is 0.240 e. The molecule has 3 unspecified atom stereocenters. The fourth-order valence-corrected chi connectivity index (χ4v) is 7.67. The van der Waals surface area contributed by atoms with Crippen LogP contribution in [0.25, 0.3) is 0 Å². The molecule has 0 heterocycles. The normalized spacial score (nSPS) is 13.4. The van der Waals surface area contributed by atoms with Gasteiger partial charge in [-0.15, -0.1) is 0 Å². The molecule has 0 aliphatic carbocycles. The molecule has 0 aliphatic heterocycles. The Morgan fingerprint density at radius 3 is 0.909 bits per heavy atom. The van der Waals surface area contributed by atoms with Gasteiger partial charge in [-0.05, 0) is 61.5 Å². The number of hydrogen-bond donors (Lipinski definition) is 2. The summed E-state index contributed by atoms with van der Waals surface area (Å²) in [6, 6.07) is -0.576. The summed E-state index contributed by atoms with van der Waals surface area (Å²) in [6.07, 6.45) is 32.3. The first-order valence-electron chi connectivity index (χ1n) is 23.3. The lowest BCUT2D eigenvalue weighted by molar-refractivity contribution is -0.137. The van der Waals surface area contributed by atoms with Crippen molar-refractivity contribution in [3.05, 3.63) is 0 Å². The van der Waals surface area contributed by atoms with Gasteiger partial charge in [-0.2, -0.15) is 0 Å². The third-order valence-electron chi connectivity index (χ3n) is 11.4. The van der Waals surface area contributed by atoms with E-state index in [0.29, 0.717) is 26.2 Å². The van der Waals surface area contributed by atoms with Crippen LogP contribution in [0, 0.1) is 0 Å². The Labute approximate surface area is 342 Å². The van der Waals surface area contributed by atoms with E-state index in [1.54, 1.807) is 0 Å². The van der Waals surface area contributed by atoms with Crippen molar-refractivity contribution in [2.75, 3.05) is 68.5 Å². The number of nitrogens with one attached hydrogen (secondary N) is 2. The number of rotatable bonds is 39. The van der Waals surface area contributed by atoms with E-state index in [4.69, 9.17) is 0 Å². The number of unbranched alkanes of at least 4 members (excludes halogenated alkanes) is 21. The monoisotopic (exact) mass is 779 g/mol. The molecule has 0 rings (SSSR count). The van der Waals surface area contributed by atoms with Crippen LogP contribution in [0.4, 0.5) is 0 Å². The van der Waals surface area contributed by atoms with Gasteiger partial charge in [0, 0.05) is 26.2 Å². The molecule has 9 heteroatoms. The molecule has 0 saturated carbocycles. The molecule has 3 atom stereocenters. The minimum absolute atomic E-state index is 0.0338. The zero-order valence-corrected chi connectivity index (χ0v) is 38.2. The Bertz CT molecular complexity index is 864. The fraction of sp³-hybridized carbons (Fsp3) is 0.935. The van der Waals surface area contributed by atoms with E-state index in [-0.39, 0.29) is 35.8 Å². The molecule has 3 amide bonds. The molecule has 0 aromatic rings. The van der Waals surface area contributed by atoms with Crippen molar-refractivity contribution < 1.29 is 14.4 Å². The summed E-state index contributed by atoms with van der Waals surface area (Å²) in [6.45, 7) is 8.41. The highest BCUT2D eigenvalue weighted by atomic mass is 16.2. The molecule has 0 saturated heterocycles. The topological polar surface area (TPSA) is 88.2 Å². The van der Waals surface area contributed by atoms with Gasteiger partial charge in [0.1, 0.15) is 0 Å². The lowest BCUT2D eigenvalue weighted by atomic mass is 10.0. The number of hydrogen-bond acceptors (Lipinski definition) is 6. The molecule has 2 N–H and O–H groups in total. The summed E-state index contributed by atoms with van der Waals surface area (Å²) in [7, 11) is 11.9. The smallest absolute Gasteiger partial charge is 0.240 e. The minimum Gasteiger partial charge on any atom is -0.353 e. The lowest BCUT2D eigenvalue weighted by Gasteiger charge is -2.32. The van der Waals surface area contributed by atoms with Crippen LogP contribution in [-0.2, 0) is 14.4 Å². The maximum atomic E-state index is 14.2. The third kappa shape index (κ3) is 28.4. The predicted molar refractivity (Wildman–Crippen MR) is 237 cm³/mol. The van der Waals surface area contributed by atoms with Crippen molar-refractivity contribution in [3.63, 3.8) is 0 Å². The largest absolute Gasteiger partial charge is 0.353 e. The zero-order valence-electron chi connectivity index (χ0n) is 38.2. The van der Waals surface area contributed by atoms with Gasteiger partial charge in [0.25, 0.3) is 0 Å². The molecular weight excluding hydrogens is 685 g/mol. The van der Waals surface area contributed by atoms with Gasteiger partial charge in [-0.3, -0.25) is 29.1 Å². The van der Waals surface area contributed by atoms with Crippen LogP contribution in [0.2, 0.25) is 0 Å². The van der Waals surface area contributed by atoms with Crippen molar-refractivity contribution in [3.8, 4) is 0 Å². The summed E-state index contributed by atoms with van der Waals surface area (Å²) in [5.74, 6) is 0.153. The second kappa shape index (κ2) is 36.6. The average Bonchev–Trinajstić information content (AvgIpc) is 3.14. The summed E-state index contributed by atoms with van der Waals surface area (Å²) >= 11 is 0. The van der Waals surface area contributed by atoms with Gasteiger partial charge in [-0.25, -0.2) is 0 Å². The highest BCUT2D eigenvalue weighted by Gasteiger charge is 2.27. The highest BCUT2D eigenvalue weighted by molar-refractivity contribution is 5.83. The van der Waals surface area contributed by atoms with E-state index in [1.807, 2.05) is 61.9 Å². The second-order valence-electron chi connectivity index (χ2n) is 17.1. The Morgan fingerprint density at radius 1 is 0.382 bits per heavy atom. The first-order valence-corrected chi connectivity index (χ1v) is 23.3. The van der Waals surface area contributed by atoms with Crippen molar-refractivity contribution in [1.29, 1.82) is 0 Å². The van der Waals surface area contributed by atoms with E-state index in [1.165, 1.54) is 116 Å². The van der Waals surface area contributed by atoms with Gasteiger partial charge >= 0.3 is 0 Å². The molecule has 9 nitrogen and oxygen atoms in total. The standard InChI is InChI=1S/C46H94N6O3/c1-10-13-16-19-22-25-28-31-34-41(49(4)5)44(53)47-37-39-52(46(55)43(51(8)9)36-33-30-27-24-21-18-15-12-3)40-38-48-45(54)42(50(6)7)35-32-29-26-23-20-17-14-11-2/h41-43H,10-40H2,1-9H3,(H,47,53)(H,48,54). The Balaban J connectivity index is 5.33. The number of nitrogens with zero attached hydrogens (tertiary/aromatic N) is 4. The van der Waals surface area contributed by atoms with Crippen molar-refractivity contribution in [2.45, 2.75) is 212 Å². The molecule has 0 aliphatic rings. The summed E-state index contributed by atoms with van der Waals surface area (Å²) < 4.78 is 0. The Hall–Kier alpha value is -1.71. The van der Waals surface area contributed by atoms with Gasteiger partial charge in [0.15, 0.2) is 0 Å². The molecule has 0 aromatic carbocycles. The Morgan fingerprint density at radius 2 is 0.636 bits per heavy atom. The number of carbonyl (C=O) groups is 3. The molecule has 326 valence electrons. The van der Waals surface area contributed by atoms with Crippen molar-refractivity contribution in [2.24, 2.45) is 0 Å². The van der Waals surface area contributed by atoms with Crippen LogP contribution in [0.3, 0.4) is 0 Å². The summed E-state index contributed by atoms with van der Waals surface area (Å²) in [4.78, 5) is 49.0. The van der Waals surface area contributed by atoms with Crippen LogP contribution >= 0.6 is 0 Å². The van der Waals surface area contributed by atoms with Crippen LogP contribution < -0.4 is 10.6 Å². The van der Waals surface area contributed by atoms with E-state index < -0.39 is 0 Å². The van der Waals surface area contributed by atoms with Gasteiger partial charge in [0.2, 0.25) is 17.7 Å². The van der Waals surface area contributed by atoms with Gasteiger partial charge in [-0.1, -0.05) is 175 Å². The lowest BCUT2D eigenvalue weighted by Crippen LogP contribution is -2.52. The van der Waals surface area contributed by atoms with E-state index >= 15 is 0 Å². The van der Waals surface area contributed by atoms with Crippen LogP contribution in [0.1, 0.15) is 194 Å². The number of amides is 3. The molecule has 0 aromatic heterocycles. The average molecular weight is 779 g/mol. The number of carbonyl (C=O) groups excluding carboxylic acids is 3. The molecule has 0 radical (unpaired) electrons. The molecule has 0 spiro atoms. The predicted octanol–water partition coefficient (Wildman–Crippen LogP) is 9.43. The maximum absolute atomic E-state index is 14.2. The first-order chi connectivity index (χ1) is 26.5. The molecular formula is C46H94N6O3. The van der Waals surface area contributed by atoms with Gasteiger partial charge in [0.05, 0.1) is 18.1 Å². The van der Waals surface area contributed by atoms with E-state index in [0.717, 1.165) is 57.8 Å². The number of likely N-dealkylation sites (N-methyl/N-ethyl adjacent to an activating group) is 3. The molecule has 0 bridgehead atoms. The highest BCUT2D eigenvalue weighted by Crippen LogP contribution is 2.16. The van der Waals surface area contributed by atoms with Crippen molar-refractivity contribution >= 4 is 17.7 Å². The van der Waals surface area contributed by atoms with E-state index in [2.05, 4.69) is 31.4 Å². The third-order valence-corrected chi connectivity index (χ3v) is 11.4. The summed E-state index contributed by atoms with van der Waals surface area (Å²) in [5, 5.41) is 6.34. The van der Waals surface area contributed by atoms with Crippen molar-refractivity contribution in [1.82, 2.24) is 30.2 Å². The zero-order chi connectivity index (χ0) is 41.1.